The van der Waals surface area contributed by atoms with Crippen LogP contribution in [0, 0.1) is 20.8 Å². The number of nitrogens with two attached hydrogens (primary N) is 1. The number of benzene rings is 1. The summed E-state index contributed by atoms with van der Waals surface area (Å²) in [6.45, 7) is 5.60. The second-order valence-electron chi connectivity index (χ2n) is 5.05. The van der Waals surface area contributed by atoms with Crippen molar-refractivity contribution < 1.29 is 8.42 Å². The normalized spacial score (nSPS) is 11.6. The van der Waals surface area contributed by atoms with E-state index in [0.29, 0.717) is 16.8 Å². The van der Waals surface area contributed by atoms with Crippen LogP contribution >= 0.6 is 0 Å². The van der Waals surface area contributed by atoms with Gasteiger partial charge in [0.05, 0.1) is 4.90 Å². The average Bonchev–Trinajstić information content (AvgIpc) is 2.42. The van der Waals surface area contributed by atoms with Crippen molar-refractivity contribution in [3.8, 4) is 0 Å². The van der Waals surface area contributed by atoms with Crippen molar-refractivity contribution in [3.63, 3.8) is 0 Å². The minimum Gasteiger partial charge on any atom is -0.398 e. The highest BCUT2D eigenvalue weighted by molar-refractivity contribution is 7.89. The van der Waals surface area contributed by atoms with E-state index < -0.39 is 10.0 Å². The van der Waals surface area contributed by atoms with Crippen LogP contribution in [-0.2, 0) is 16.6 Å². The average molecular weight is 305 g/mol. The number of aryl methyl sites for hydroxylation is 2. The molecule has 0 radical (unpaired) electrons. The van der Waals surface area contributed by atoms with Gasteiger partial charge < -0.3 is 5.73 Å². The Morgan fingerprint density at radius 3 is 2.52 bits per heavy atom. The van der Waals surface area contributed by atoms with Gasteiger partial charge in [0.15, 0.2) is 0 Å². The minimum absolute atomic E-state index is 0.227. The molecule has 3 N–H and O–H groups in total. The molecular weight excluding hydrogens is 286 g/mol. The van der Waals surface area contributed by atoms with Gasteiger partial charge in [-0.3, -0.25) is 4.98 Å². The fourth-order valence-electron chi connectivity index (χ4n) is 2.20. The third kappa shape index (κ3) is 3.22. The predicted molar refractivity (Wildman–Crippen MR) is 83.3 cm³/mol. The van der Waals surface area contributed by atoms with Crippen LogP contribution < -0.4 is 10.5 Å². The van der Waals surface area contributed by atoms with Gasteiger partial charge in [-0.1, -0.05) is 6.07 Å². The molecule has 6 heteroatoms. The molecule has 1 heterocycles. The molecule has 0 aliphatic rings. The topological polar surface area (TPSA) is 85.1 Å². The lowest BCUT2D eigenvalue weighted by Crippen LogP contribution is -2.25. The molecule has 112 valence electrons. The second-order valence-corrected chi connectivity index (χ2v) is 6.76. The lowest BCUT2D eigenvalue weighted by molar-refractivity contribution is 0.580. The summed E-state index contributed by atoms with van der Waals surface area (Å²) in [7, 11) is -3.61. The second kappa shape index (κ2) is 5.83. The van der Waals surface area contributed by atoms with Gasteiger partial charge in [-0.25, -0.2) is 13.1 Å². The van der Waals surface area contributed by atoms with Crippen LogP contribution in [0.1, 0.15) is 22.3 Å². The first-order valence-electron chi connectivity index (χ1n) is 6.58. The summed E-state index contributed by atoms with van der Waals surface area (Å²) in [6.07, 6.45) is 3.36. The van der Waals surface area contributed by atoms with Crippen LogP contribution in [0.15, 0.2) is 35.5 Å². The van der Waals surface area contributed by atoms with E-state index in [1.165, 1.54) is 0 Å². The van der Waals surface area contributed by atoms with E-state index in [0.717, 1.165) is 11.1 Å². The first kappa shape index (κ1) is 15.5. The lowest BCUT2D eigenvalue weighted by atomic mass is 10.1. The number of aromatic nitrogens is 1. The van der Waals surface area contributed by atoms with Crippen molar-refractivity contribution in [2.45, 2.75) is 32.2 Å². The number of nitrogens with zero attached hydrogens (tertiary/aromatic N) is 1. The summed E-state index contributed by atoms with van der Waals surface area (Å²) in [5, 5.41) is 0. The first-order valence-corrected chi connectivity index (χ1v) is 8.06. The van der Waals surface area contributed by atoms with Crippen molar-refractivity contribution >= 4 is 15.7 Å². The highest BCUT2D eigenvalue weighted by Crippen LogP contribution is 2.24. The van der Waals surface area contributed by atoms with E-state index in [4.69, 9.17) is 5.73 Å². The van der Waals surface area contributed by atoms with Crippen LogP contribution in [0.5, 0.6) is 0 Å². The first-order chi connectivity index (χ1) is 9.83. The Balaban J connectivity index is 2.32. The van der Waals surface area contributed by atoms with Gasteiger partial charge in [0.1, 0.15) is 0 Å². The summed E-state index contributed by atoms with van der Waals surface area (Å²) >= 11 is 0. The zero-order valence-corrected chi connectivity index (χ0v) is 13.2. The van der Waals surface area contributed by atoms with Crippen LogP contribution in [0.2, 0.25) is 0 Å². The van der Waals surface area contributed by atoms with E-state index in [1.807, 2.05) is 6.92 Å². The smallest absolute Gasteiger partial charge is 0.241 e. The highest BCUT2D eigenvalue weighted by Gasteiger charge is 2.20. The quantitative estimate of drug-likeness (QED) is 0.847. The standard InChI is InChI=1S/C15H19N3O2S/c1-10-4-5-14(16)12(3)15(10)21(19,20)18-9-13-6-7-17-8-11(13)2/h4-8,18H,9,16H2,1-3H3. The van der Waals surface area contributed by atoms with Crippen molar-refractivity contribution in [2.75, 3.05) is 5.73 Å². The molecule has 0 aliphatic heterocycles. The molecule has 0 aliphatic carbocycles. The molecular formula is C15H19N3O2S. The molecule has 0 saturated heterocycles. The Hall–Kier alpha value is -1.92. The molecule has 0 atom stereocenters. The zero-order valence-electron chi connectivity index (χ0n) is 12.3. The van der Waals surface area contributed by atoms with Gasteiger partial charge in [0.25, 0.3) is 0 Å². The van der Waals surface area contributed by atoms with E-state index >= 15 is 0 Å². The van der Waals surface area contributed by atoms with Crippen LogP contribution in [0.3, 0.4) is 0 Å². The Morgan fingerprint density at radius 1 is 1.14 bits per heavy atom. The molecule has 0 bridgehead atoms. The number of sulfonamides is 1. The molecule has 0 unspecified atom stereocenters. The van der Waals surface area contributed by atoms with Crippen LogP contribution in [0.4, 0.5) is 5.69 Å². The Kier molecular flexibility index (Phi) is 4.29. The monoisotopic (exact) mass is 305 g/mol. The lowest BCUT2D eigenvalue weighted by Gasteiger charge is -2.14. The van der Waals surface area contributed by atoms with Gasteiger partial charge in [-0.05, 0) is 55.2 Å². The van der Waals surface area contributed by atoms with Gasteiger partial charge in [-0.2, -0.15) is 0 Å². The SMILES string of the molecule is Cc1cnccc1CNS(=O)(=O)c1c(C)ccc(N)c1C. The Morgan fingerprint density at radius 2 is 1.86 bits per heavy atom. The van der Waals surface area contributed by atoms with E-state index in [9.17, 15) is 8.42 Å². The van der Waals surface area contributed by atoms with Gasteiger partial charge in [-0.15, -0.1) is 0 Å². The highest BCUT2D eigenvalue weighted by atomic mass is 32.2. The van der Waals surface area contributed by atoms with Crippen molar-refractivity contribution in [1.82, 2.24) is 9.71 Å². The van der Waals surface area contributed by atoms with Crippen LogP contribution in [0.25, 0.3) is 0 Å². The molecule has 2 aromatic rings. The Bertz CT molecular complexity index is 770. The molecule has 2 rings (SSSR count). The number of nitrogen functional groups attached to an aromatic ring is 1. The molecule has 0 saturated carbocycles. The summed E-state index contributed by atoms with van der Waals surface area (Å²) < 4.78 is 27.7. The van der Waals surface area contributed by atoms with Gasteiger partial charge in [0, 0.05) is 24.6 Å². The fraction of sp³-hybridized carbons (Fsp3) is 0.267. The van der Waals surface area contributed by atoms with E-state index in [2.05, 4.69) is 9.71 Å². The molecule has 0 amide bonds. The molecule has 1 aromatic carbocycles. The number of pyridine rings is 1. The van der Waals surface area contributed by atoms with E-state index in [-0.39, 0.29) is 11.4 Å². The molecule has 5 nitrogen and oxygen atoms in total. The maximum Gasteiger partial charge on any atom is 0.241 e. The summed E-state index contributed by atoms with van der Waals surface area (Å²) in [4.78, 5) is 4.25. The molecule has 1 aromatic heterocycles. The third-order valence-electron chi connectivity index (χ3n) is 3.50. The summed E-state index contributed by atoms with van der Waals surface area (Å²) in [6, 6.07) is 5.24. The number of rotatable bonds is 4. The Labute approximate surface area is 125 Å². The number of hydrogen-bond acceptors (Lipinski definition) is 4. The van der Waals surface area contributed by atoms with Gasteiger partial charge in [0.2, 0.25) is 10.0 Å². The van der Waals surface area contributed by atoms with Gasteiger partial charge >= 0.3 is 0 Å². The third-order valence-corrected chi connectivity index (χ3v) is 5.19. The maximum absolute atomic E-state index is 12.5. The largest absolute Gasteiger partial charge is 0.398 e. The van der Waals surface area contributed by atoms with Crippen molar-refractivity contribution in [3.05, 3.63) is 52.8 Å². The number of anilines is 1. The number of nitrogens with one attached hydrogen (secondary N) is 1. The molecule has 0 fully saturated rings. The maximum atomic E-state index is 12.5. The summed E-state index contributed by atoms with van der Waals surface area (Å²) in [5.74, 6) is 0. The minimum atomic E-state index is -3.61. The fourth-order valence-corrected chi connectivity index (χ4v) is 3.70. The zero-order chi connectivity index (χ0) is 15.6. The summed E-state index contributed by atoms with van der Waals surface area (Å²) in [5.41, 5.74) is 9.39. The van der Waals surface area contributed by atoms with E-state index in [1.54, 1.807) is 44.4 Å². The van der Waals surface area contributed by atoms with Crippen LogP contribution in [-0.4, -0.2) is 13.4 Å². The van der Waals surface area contributed by atoms with Crippen molar-refractivity contribution in [1.29, 1.82) is 0 Å². The predicted octanol–water partition coefficient (Wildman–Crippen LogP) is 2.07. The molecule has 21 heavy (non-hydrogen) atoms. The molecule has 0 spiro atoms. The van der Waals surface area contributed by atoms with Crippen molar-refractivity contribution in [2.24, 2.45) is 0 Å². The number of hydrogen-bond donors (Lipinski definition) is 2.